The minimum Gasteiger partial charge on any atom is -0.419 e. The Hall–Kier alpha value is -1.91. The maximum Gasteiger partial charge on any atom is 0.249 e. The second-order valence-corrected chi connectivity index (χ2v) is 4.66. The van der Waals surface area contributed by atoms with Gasteiger partial charge in [0.25, 0.3) is 0 Å². The molecule has 4 nitrogen and oxygen atoms in total. The highest BCUT2D eigenvalue weighted by Crippen LogP contribution is 2.26. The highest BCUT2D eigenvalue weighted by molar-refractivity contribution is 6.33. The van der Waals surface area contributed by atoms with Crippen LogP contribution in [-0.4, -0.2) is 28.2 Å². The molecule has 2 aromatic rings. The third kappa shape index (κ3) is 3.56. The second-order valence-electron chi connectivity index (χ2n) is 4.25. The van der Waals surface area contributed by atoms with Crippen LogP contribution in [0.5, 0.6) is 0 Å². The highest BCUT2D eigenvalue weighted by atomic mass is 35.5. The van der Waals surface area contributed by atoms with Crippen LogP contribution in [0.25, 0.3) is 11.5 Å². The fourth-order valence-corrected chi connectivity index (χ4v) is 2.04. The van der Waals surface area contributed by atoms with Gasteiger partial charge in [0, 0.05) is 13.1 Å². The van der Waals surface area contributed by atoms with Crippen molar-refractivity contribution in [2.45, 2.75) is 6.54 Å². The molecule has 0 bridgehead atoms. The quantitative estimate of drug-likeness (QED) is 0.731. The first-order valence-electron chi connectivity index (χ1n) is 6.26. The largest absolute Gasteiger partial charge is 0.419 e. The Labute approximate surface area is 123 Å². The lowest BCUT2D eigenvalue weighted by atomic mass is 10.2. The molecule has 1 heterocycles. The van der Waals surface area contributed by atoms with E-state index in [4.69, 9.17) is 16.0 Å². The zero-order valence-electron chi connectivity index (χ0n) is 11.1. The van der Waals surface area contributed by atoms with E-state index in [-0.39, 0.29) is 0 Å². The molecule has 0 radical (unpaired) electrons. The van der Waals surface area contributed by atoms with Gasteiger partial charge in [-0.05, 0) is 12.1 Å². The minimum atomic E-state index is 0.433. The summed E-state index contributed by atoms with van der Waals surface area (Å²) < 4.78 is 5.66. The SMILES string of the molecule is C=CCN(CC=C)Cc1nnc(-c2ccccc2Cl)o1. The van der Waals surface area contributed by atoms with Crippen LogP contribution in [0.3, 0.4) is 0 Å². The average Bonchev–Trinajstić information content (AvgIpc) is 2.88. The molecule has 0 aliphatic rings. The average molecular weight is 290 g/mol. The summed E-state index contributed by atoms with van der Waals surface area (Å²) in [6.07, 6.45) is 3.66. The maximum absolute atomic E-state index is 6.11. The standard InChI is InChI=1S/C15H16ClN3O/c1-3-9-19(10-4-2)11-14-17-18-15(20-14)12-7-5-6-8-13(12)16/h3-8H,1-2,9-11H2. The highest BCUT2D eigenvalue weighted by Gasteiger charge is 2.13. The van der Waals surface area contributed by atoms with Crippen molar-refractivity contribution in [1.82, 2.24) is 15.1 Å². The molecule has 0 fully saturated rings. The Morgan fingerprint density at radius 3 is 2.50 bits per heavy atom. The number of benzene rings is 1. The second kappa shape index (κ2) is 7.03. The fraction of sp³-hybridized carbons (Fsp3) is 0.200. The van der Waals surface area contributed by atoms with Crippen molar-refractivity contribution >= 4 is 11.6 Å². The Kier molecular flexibility index (Phi) is 5.09. The normalized spacial score (nSPS) is 10.7. The summed E-state index contributed by atoms with van der Waals surface area (Å²) >= 11 is 6.11. The lowest BCUT2D eigenvalue weighted by molar-refractivity contribution is 0.289. The monoisotopic (exact) mass is 289 g/mol. The van der Waals surface area contributed by atoms with Gasteiger partial charge in [0.15, 0.2) is 0 Å². The molecule has 0 N–H and O–H groups in total. The van der Waals surface area contributed by atoms with Crippen LogP contribution in [0.1, 0.15) is 5.89 Å². The first-order valence-corrected chi connectivity index (χ1v) is 6.63. The van der Waals surface area contributed by atoms with Gasteiger partial charge in [-0.1, -0.05) is 35.9 Å². The van der Waals surface area contributed by atoms with Gasteiger partial charge in [0.2, 0.25) is 11.8 Å². The van der Waals surface area contributed by atoms with Crippen molar-refractivity contribution < 1.29 is 4.42 Å². The number of nitrogens with zero attached hydrogens (tertiary/aromatic N) is 3. The van der Waals surface area contributed by atoms with Gasteiger partial charge in [-0.3, -0.25) is 4.90 Å². The lowest BCUT2D eigenvalue weighted by Gasteiger charge is -2.15. The molecular formula is C15H16ClN3O. The van der Waals surface area contributed by atoms with E-state index in [1.165, 1.54) is 0 Å². The summed E-state index contributed by atoms with van der Waals surface area (Å²) in [5.41, 5.74) is 0.743. The molecule has 0 aliphatic heterocycles. The molecule has 0 saturated carbocycles. The molecule has 0 aliphatic carbocycles. The molecule has 5 heteroatoms. The summed E-state index contributed by atoms with van der Waals surface area (Å²) in [6, 6.07) is 7.39. The van der Waals surface area contributed by atoms with E-state index in [0.29, 0.717) is 23.3 Å². The number of rotatable bonds is 7. The van der Waals surface area contributed by atoms with Crippen molar-refractivity contribution in [1.29, 1.82) is 0 Å². The maximum atomic E-state index is 6.11. The van der Waals surface area contributed by atoms with E-state index in [1.807, 2.05) is 30.4 Å². The van der Waals surface area contributed by atoms with Crippen molar-refractivity contribution in [3.8, 4) is 11.5 Å². The van der Waals surface area contributed by atoms with E-state index >= 15 is 0 Å². The van der Waals surface area contributed by atoms with Crippen LogP contribution >= 0.6 is 11.6 Å². The zero-order chi connectivity index (χ0) is 14.4. The van der Waals surface area contributed by atoms with E-state index in [2.05, 4.69) is 28.3 Å². The van der Waals surface area contributed by atoms with Gasteiger partial charge in [-0.25, -0.2) is 0 Å². The lowest BCUT2D eigenvalue weighted by Crippen LogP contribution is -2.23. The van der Waals surface area contributed by atoms with Crippen LogP contribution in [0.4, 0.5) is 0 Å². The van der Waals surface area contributed by atoms with E-state index < -0.39 is 0 Å². The number of halogens is 1. The van der Waals surface area contributed by atoms with Crippen molar-refractivity contribution in [2.24, 2.45) is 0 Å². The van der Waals surface area contributed by atoms with E-state index in [0.717, 1.165) is 18.7 Å². The van der Waals surface area contributed by atoms with Crippen molar-refractivity contribution in [2.75, 3.05) is 13.1 Å². The van der Waals surface area contributed by atoms with Gasteiger partial charge >= 0.3 is 0 Å². The molecule has 0 atom stereocenters. The van der Waals surface area contributed by atoms with Crippen LogP contribution in [0.2, 0.25) is 5.02 Å². The van der Waals surface area contributed by atoms with Gasteiger partial charge in [0.1, 0.15) is 0 Å². The van der Waals surface area contributed by atoms with Crippen molar-refractivity contribution in [3.63, 3.8) is 0 Å². The molecule has 1 aromatic heterocycles. The molecule has 1 aromatic carbocycles. The molecule has 20 heavy (non-hydrogen) atoms. The summed E-state index contributed by atoms with van der Waals surface area (Å²) in [6.45, 7) is 9.47. The molecule has 0 spiro atoms. The predicted molar refractivity (Wildman–Crippen MR) is 80.4 cm³/mol. The number of hydrogen-bond acceptors (Lipinski definition) is 4. The molecule has 104 valence electrons. The molecule has 0 saturated heterocycles. The molecule has 2 rings (SSSR count). The zero-order valence-corrected chi connectivity index (χ0v) is 11.9. The Morgan fingerprint density at radius 1 is 1.15 bits per heavy atom. The van der Waals surface area contributed by atoms with Crippen LogP contribution in [0.15, 0.2) is 54.0 Å². The summed E-state index contributed by atoms with van der Waals surface area (Å²) in [7, 11) is 0. The Bertz CT molecular complexity index is 584. The number of aromatic nitrogens is 2. The fourth-order valence-electron chi connectivity index (χ4n) is 1.82. The van der Waals surface area contributed by atoms with E-state index in [9.17, 15) is 0 Å². The van der Waals surface area contributed by atoms with Gasteiger partial charge in [-0.2, -0.15) is 0 Å². The van der Waals surface area contributed by atoms with Crippen LogP contribution in [-0.2, 0) is 6.54 Å². The summed E-state index contributed by atoms with van der Waals surface area (Å²) in [4.78, 5) is 2.09. The molecule has 0 amide bonds. The smallest absolute Gasteiger partial charge is 0.249 e. The van der Waals surface area contributed by atoms with Crippen LogP contribution in [0, 0.1) is 0 Å². The Morgan fingerprint density at radius 2 is 1.85 bits per heavy atom. The topological polar surface area (TPSA) is 42.2 Å². The summed E-state index contributed by atoms with van der Waals surface area (Å²) in [5, 5.41) is 8.69. The third-order valence-electron chi connectivity index (χ3n) is 2.70. The summed E-state index contributed by atoms with van der Waals surface area (Å²) in [5.74, 6) is 0.978. The number of hydrogen-bond donors (Lipinski definition) is 0. The van der Waals surface area contributed by atoms with Gasteiger partial charge < -0.3 is 4.42 Å². The van der Waals surface area contributed by atoms with Gasteiger partial charge in [0.05, 0.1) is 17.1 Å². The minimum absolute atomic E-state index is 0.433. The first kappa shape index (κ1) is 14.5. The molecular weight excluding hydrogens is 274 g/mol. The Balaban J connectivity index is 2.14. The van der Waals surface area contributed by atoms with Crippen LogP contribution < -0.4 is 0 Å². The molecule has 0 unspecified atom stereocenters. The third-order valence-corrected chi connectivity index (χ3v) is 3.03. The van der Waals surface area contributed by atoms with Crippen molar-refractivity contribution in [3.05, 3.63) is 60.5 Å². The first-order chi connectivity index (χ1) is 9.74. The van der Waals surface area contributed by atoms with E-state index in [1.54, 1.807) is 6.07 Å². The van der Waals surface area contributed by atoms with Gasteiger partial charge in [-0.15, -0.1) is 23.4 Å². The predicted octanol–water partition coefficient (Wildman–Crippen LogP) is 3.56.